The van der Waals surface area contributed by atoms with Gasteiger partial charge < -0.3 is 10.3 Å². The first kappa shape index (κ1) is 7.36. The molecule has 0 unspecified atom stereocenters. The van der Waals surface area contributed by atoms with E-state index in [1.807, 2.05) is 0 Å². The molecule has 0 atom stereocenters. The molecule has 2 heterocycles. The zero-order valence-electron chi connectivity index (χ0n) is 6.34. The summed E-state index contributed by atoms with van der Waals surface area (Å²) in [6.45, 7) is 1.79. The first-order chi connectivity index (χ1) is 5.70. The molecule has 5 heteroatoms. The third-order valence-corrected chi connectivity index (χ3v) is 2.05. The van der Waals surface area contributed by atoms with Crippen LogP contribution in [0.3, 0.4) is 0 Å². The second-order valence-corrected chi connectivity index (χ2v) is 2.85. The Bertz CT molecular complexity index is 437. The van der Waals surface area contributed by atoms with Crippen LogP contribution in [-0.2, 0) is 0 Å². The fourth-order valence-electron chi connectivity index (χ4n) is 1.03. The van der Waals surface area contributed by atoms with Crippen molar-refractivity contribution in [1.82, 2.24) is 10.1 Å². The largest absolute Gasteiger partial charge is 0.396 e. The van der Waals surface area contributed by atoms with Crippen LogP contribution in [0, 0.1) is 6.92 Å². The van der Waals surface area contributed by atoms with Crippen molar-refractivity contribution in [3.05, 3.63) is 16.9 Å². The van der Waals surface area contributed by atoms with E-state index >= 15 is 0 Å². The van der Waals surface area contributed by atoms with E-state index in [1.165, 1.54) is 6.20 Å². The lowest BCUT2D eigenvalue weighted by Crippen LogP contribution is -1.88. The number of aryl methyl sites for hydroxylation is 1. The maximum absolute atomic E-state index is 5.91. The molecule has 0 fully saturated rings. The van der Waals surface area contributed by atoms with Crippen molar-refractivity contribution in [2.75, 3.05) is 5.73 Å². The van der Waals surface area contributed by atoms with Gasteiger partial charge in [0.1, 0.15) is 0 Å². The van der Waals surface area contributed by atoms with Crippen molar-refractivity contribution in [2.24, 2.45) is 0 Å². The summed E-state index contributed by atoms with van der Waals surface area (Å²) in [6.07, 6.45) is 1.45. The summed E-state index contributed by atoms with van der Waals surface area (Å²) in [6, 6.07) is 0. The fraction of sp³-hybridized carbons (Fsp3) is 0.143. The number of aromatic nitrogens is 2. The van der Waals surface area contributed by atoms with Crippen molar-refractivity contribution in [3.63, 3.8) is 0 Å². The van der Waals surface area contributed by atoms with Gasteiger partial charge in [0, 0.05) is 0 Å². The quantitative estimate of drug-likeness (QED) is 0.676. The Hall–Kier alpha value is -1.29. The van der Waals surface area contributed by atoms with E-state index in [0.717, 1.165) is 0 Å². The number of pyridine rings is 1. The molecule has 62 valence electrons. The van der Waals surface area contributed by atoms with Gasteiger partial charge in [-0.3, -0.25) is 0 Å². The van der Waals surface area contributed by atoms with Gasteiger partial charge in [0.15, 0.2) is 0 Å². The molecule has 0 aliphatic heterocycles. The Morgan fingerprint density at radius 2 is 2.33 bits per heavy atom. The van der Waals surface area contributed by atoms with E-state index in [-0.39, 0.29) is 0 Å². The lowest BCUT2D eigenvalue weighted by molar-refractivity contribution is 0.443. The summed E-state index contributed by atoms with van der Waals surface area (Å²) >= 11 is 5.91. The monoisotopic (exact) mass is 183 g/mol. The number of hydrogen-bond acceptors (Lipinski definition) is 4. The molecular weight excluding hydrogens is 178 g/mol. The van der Waals surface area contributed by atoms with Gasteiger partial charge in [-0.1, -0.05) is 16.8 Å². The van der Waals surface area contributed by atoms with Gasteiger partial charge >= 0.3 is 0 Å². The van der Waals surface area contributed by atoms with Crippen LogP contribution in [0.25, 0.3) is 11.1 Å². The predicted molar refractivity (Wildman–Crippen MR) is 46.0 cm³/mol. The Labute approximate surface area is 73.3 Å². The zero-order valence-corrected chi connectivity index (χ0v) is 7.09. The molecular formula is C7H6ClN3O. The average molecular weight is 184 g/mol. The van der Waals surface area contributed by atoms with E-state index in [0.29, 0.717) is 27.5 Å². The number of anilines is 1. The molecule has 12 heavy (non-hydrogen) atoms. The minimum absolute atomic E-state index is 0.423. The molecule has 0 saturated heterocycles. The van der Waals surface area contributed by atoms with Gasteiger partial charge in [0.25, 0.3) is 5.71 Å². The Kier molecular flexibility index (Phi) is 1.44. The van der Waals surface area contributed by atoms with Crippen molar-refractivity contribution in [3.8, 4) is 0 Å². The standard InChI is InChI=1S/C7H6ClN3O/c1-3-5-6(8)4(9)2-10-7(5)12-11-3/h2H,9H2,1H3. The molecule has 2 aromatic rings. The highest BCUT2D eigenvalue weighted by molar-refractivity contribution is 6.37. The van der Waals surface area contributed by atoms with E-state index in [4.69, 9.17) is 21.9 Å². The van der Waals surface area contributed by atoms with E-state index in [1.54, 1.807) is 6.92 Å². The SMILES string of the molecule is Cc1noc2ncc(N)c(Cl)c12. The van der Waals surface area contributed by atoms with Gasteiger partial charge in [-0.05, 0) is 6.92 Å². The van der Waals surface area contributed by atoms with Crippen molar-refractivity contribution in [1.29, 1.82) is 0 Å². The Balaban J connectivity index is 2.96. The first-order valence-electron chi connectivity index (χ1n) is 3.36. The van der Waals surface area contributed by atoms with Crippen LogP contribution in [0.1, 0.15) is 5.69 Å². The van der Waals surface area contributed by atoms with Gasteiger partial charge in [-0.2, -0.15) is 0 Å². The summed E-state index contributed by atoms with van der Waals surface area (Å²) in [5.41, 5.74) is 7.12. The second-order valence-electron chi connectivity index (χ2n) is 2.48. The predicted octanol–water partition coefficient (Wildman–Crippen LogP) is 1.77. The highest BCUT2D eigenvalue weighted by atomic mass is 35.5. The number of hydrogen-bond donors (Lipinski definition) is 1. The molecule has 0 aliphatic carbocycles. The van der Waals surface area contributed by atoms with Crippen LogP contribution in [-0.4, -0.2) is 10.1 Å². The third-order valence-electron chi connectivity index (χ3n) is 1.64. The lowest BCUT2D eigenvalue weighted by atomic mass is 10.2. The molecule has 0 radical (unpaired) electrons. The first-order valence-corrected chi connectivity index (χ1v) is 3.74. The van der Waals surface area contributed by atoms with Gasteiger partial charge in [-0.25, -0.2) is 4.98 Å². The molecule has 2 rings (SSSR count). The molecule has 0 saturated carbocycles. The number of nitrogens with two attached hydrogens (primary N) is 1. The van der Waals surface area contributed by atoms with Crippen LogP contribution in [0.5, 0.6) is 0 Å². The van der Waals surface area contributed by atoms with E-state index in [9.17, 15) is 0 Å². The van der Waals surface area contributed by atoms with Crippen LogP contribution < -0.4 is 5.73 Å². The molecule has 0 bridgehead atoms. The molecule has 0 aromatic carbocycles. The summed E-state index contributed by atoms with van der Waals surface area (Å²) < 4.78 is 4.88. The van der Waals surface area contributed by atoms with Crippen molar-refractivity contribution >= 4 is 28.4 Å². The van der Waals surface area contributed by atoms with Crippen molar-refractivity contribution in [2.45, 2.75) is 6.92 Å². The van der Waals surface area contributed by atoms with Crippen LogP contribution in [0.15, 0.2) is 10.7 Å². The number of halogens is 1. The highest BCUT2D eigenvalue weighted by Gasteiger charge is 2.11. The highest BCUT2D eigenvalue weighted by Crippen LogP contribution is 2.29. The normalized spacial score (nSPS) is 10.8. The van der Waals surface area contributed by atoms with Gasteiger partial charge in [0.2, 0.25) is 0 Å². The Morgan fingerprint density at radius 3 is 3.08 bits per heavy atom. The average Bonchev–Trinajstić information content (AvgIpc) is 2.41. The van der Waals surface area contributed by atoms with Crippen LogP contribution in [0.4, 0.5) is 5.69 Å². The maximum atomic E-state index is 5.91. The number of nitrogens with zero attached hydrogens (tertiary/aromatic N) is 2. The van der Waals surface area contributed by atoms with Gasteiger partial charge in [-0.15, -0.1) is 0 Å². The second kappa shape index (κ2) is 2.35. The lowest BCUT2D eigenvalue weighted by Gasteiger charge is -1.95. The minimum atomic E-state index is 0.423. The summed E-state index contributed by atoms with van der Waals surface area (Å²) in [4.78, 5) is 3.92. The molecule has 2 aromatic heterocycles. The molecule has 4 nitrogen and oxygen atoms in total. The molecule has 0 amide bonds. The van der Waals surface area contributed by atoms with E-state index in [2.05, 4.69) is 10.1 Å². The minimum Gasteiger partial charge on any atom is -0.396 e. The molecule has 0 aliphatic rings. The Morgan fingerprint density at radius 1 is 1.58 bits per heavy atom. The van der Waals surface area contributed by atoms with Gasteiger partial charge in [0.05, 0.1) is 28.0 Å². The third kappa shape index (κ3) is 0.848. The van der Waals surface area contributed by atoms with Crippen LogP contribution >= 0.6 is 11.6 Å². The summed E-state index contributed by atoms with van der Waals surface area (Å²) in [5, 5.41) is 4.87. The number of fused-ring (bicyclic) bond motifs is 1. The number of rotatable bonds is 0. The maximum Gasteiger partial charge on any atom is 0.259 e. The summed E-state index contributed by atoms with van der Waals surface area (Å²) in [5.74, 6) is 0. The topological polar surface area (TPSA) is 64.9 Å². The summed E-state index contributed by atoms with van der Waals surface area (Å²) in [7, 11) is 0. The van der Waals surface area contributed by atoms with Crippen molar-refractivity contribution < 1.29 is 4.52 Å². The zero-order chi connectivity index (χ0) is 8.72. The number of nitrogen functional groups attached to an aromatic ring is 1. The fourth-order valence-corrected chi connectivity index (χ4v) is 1.29. The van der Waals surface area contributed by atoms with E-state index < -0.39 is 0 Å². The molecule has 2 N–H and O–H groups in total. The van der Waals surface area contributed by atoms with Crippen LogP contribution in [0.2, 0.25) is 5.02 Å². The molecule has 0 spiro atoms. The smallest absolute Gasteiger partial charge is 0.259 e.